The smallest absolute Gasteiger partial charge is 0.251 e. The number of sulfone groups is 1. The first kappa shape index (κ1) is 23.8. The fourth-order valence-electron chi connectivity index (χ4n) is 3.22. The average Bonchev–Trinajstić information content (AvgIpc) is 2.74. The van der Waals surface area contributed by atoms with Gasteiger partial charge in [0.25, 0.3) is 5.91 Å². The monoisotopic (exact) mass is 435 g/mol. The summed E-state index contributed by atoms with van der Waals surface area (Å²) in [5.74, 6) is -0.435. The Balaban J connectivity index is 1.96. The molecule has 9 nitrogen and oxygen atoms in total. The average molecular weight is 436 g/mol. The van der Waals surface area contributed by atoms with E-state index in [-0.39, 0.29) is 17.6 Å². The molecule has 1 aromatic rings. The molecule has 1 fully saturated rings. The summed E-state index contributed by atoms with van der Waals surface area (Å²) < 4.78 is 22.7. The van der Waals surface area contributed by atoms with Gasteiger partial charge in [-0.25, -0.2) is 8.42 Å². The zero-order chi connectivity index (χ0) is 22.1. The highest BCUT2D eigenvalue weighted by atomic mass is 32.2. The number of nitrogens with two attached hydrogens (primary N) is 1. The van der Waals surface area contributed by atoms with E-state index in [0.717, 1.165) is 0 Å². The lowest BCUT2D eigenvalue weighted by atomic mass is 10.1. The van der Waals surface area contributed by atoms with Crippen LogP contribution in [0.2, 0.25) is 0 Å². The van der Waals surface area contributed by atoms with E-state index >= 15 is 0 Å². The number of piperazine rings is 1. The van der Waals surface area contributed by atoms with Crippen molar-refractivity contribution in [1.29, 1.82) is 5.26 Å². The molecule has 0 spiro atoms. The number of hydrogen-bond donors (Lipinski definition) is 2. The Hall–Kier alpha value is -2.48. The molecule has 0 unspecified atom stereocenters. The van der Waals surface area contributed by atoms with E-state index in [1.54, 1.807) is 29.2 Å². The van der Waals surface area contributed by atoms with Gasteiger partial charge in [0.15, 0.2) is 0 Å². The molecule has 0 aromatic heterocycles. The molecule has 2 amide bonds. The molecule has 164 valence electrons. The Kier molecular flexibility index (Phi) is 8.77. The third kappa shape index (κ3) is 7.40. The first-order chi connectivity index (χ1) is 14.2. The van der Waals surface area contributed by atoms with Crippen LogP contribution < -0.4 is 11.1 Å². The van der Waals surface area contributed by atoms with Gasteiger partial charge >= 0.3 is 0 Å². The van der Waals surface area contributed by atoms with Crippen LogP contribution in [0, 0.1) is 11.3 Å². The number of nitriles is 1. The Morgan fingerprint density at radius 1 is 1.20 bits per heavy atom. The minimum absolute atomic E-state index is 0.0979. The van der Waals surface area contributed by atoms with Crippen molar-refractivity contribution in [2.45, 2.75) is 18.9 Å². The van der Waals surface area contributed by atoms with Crippen LogP contribution in [0.1, 0.15) is 28.8 Å². The molecular weight excluding hydrogens is 406 g/mol. The van der Waals surface area contributed by atoms with Gasteiger partial charge in [-0.05, 0) is 43.7 Å². The molecule has 1 atom stereocenters. The maximum Gasteiger partial charge on any atom is 0.251 e. The zero-order valence-corrected chi connectivity index (χ0v) is 18.0. The van der Waals surface area contributed by atoms with Gasteiger partial charge in [0.05, 0.1) is 17.4 Å². The number of carbonyl (C=O) groups excluding carboxylic acids is 2. The molecule has 0 aliphatic carbocycles. The van der Waals surface area contributed by atoms with Crippen LogP contribution in [0.4, 0.5) is 0 Å². The summed E-state index contributed by atoms with van der Waals surface area (Å²) in [4.78, 5) is 29.3. The number of nitrogens with zero attached hydrogens (tertiary/aromatic N) is 3. The number of amides is 2. The van der Waals surface area contributed by atoms with Gasteiger partial charge < -0.3 is 16.0 Å². The Bertz CT molecular complexity index is 871. The lowest BCUT2D eigenvalue weighted by Gasteiger charge is -2.36. The first-order valence-corrected chi connectivity index (χ1v) is 12.0. The zero-order valence-electron chi connectivity index (χ0n) is 17.2. The van der Waals surface area contributed by atoms with Crippen molar-refractivity contribution in [2.75, 3.05) is 51.3 Å². The van der Waals surface area contributed by atoms with Crippen LogP contribution in [0.5, 0.6) is 0 Å². The third-order valence-electron chi connectivity index (χ3n) is 5.04. The van der Waals surface area contributed by atoms with Crippen molar-refractivity contribution in [1.82, 2.24) is 15.1 Å². The summed E-state index contributed by atoms with van der Waals surface area (Å²) in [7, 11) is -3.02. The molecule has 0 bridgehead atoms. The number of hydrogen-bond acceptors (Lipinski definition) is 7. The maximum absolute atomic E-state index is 13.0. The van der Waals surface area contributed by atoms with Gasteiger partial charge in [0.1, 0.15) is 15.9 Å². The van der Waals surface area contributed by atoms with Crippen molar-refractivity contribution in [3.63, 3.8) is 0 Å². The van der Waals surface area contributed by atoms with Crippen molar-refractivity contribution in [2.24, 2.45) is 5.73 Å². The highest BCUT2D eigenvalue weighted by Gasteiger charge is 2.28. The summed E-state index contributed by atoms with van der Waals surface area (Å²) in [5, 5.41) is 11.7. The quantitative estimate of drug-likeness (QED) is 0.538. The largest absolute Gasteiger partial charge is 0.340 e. The molecule has 30 heavy (non-hydrogen) atoms. The van der Waals surface area contributed by atoms with Gasteiger partial charge in [-0.3, -0.25) is 14.5 Å². The summed E-state index contributed by atoms with van der Waals surface area (Å²) in [6, 6.07) is 7.54. The summed E-state index contributed by atoms with van der Waals surface area (Å²) in [5.41, 5.74) is 6.43. The molecule has 1 heterocycles. The molecule has 2 rings (SSSR count). The minimum atomic E-state index is -3.02. The van der Waals surface area contributed by atoms with Gasteiger partial charge in [-0.15, -0.1) is 0 Å². The van der Waals surface area contributed by atoms with E-state index in [0.29, 0.717) is 63.2 Å². The molecule has 10 heteroatoms. The molecule has 3 N–H and O–H groups in total. The number of rotatable bonds is 9. The topological polar surface area (TPSA) is 137 Å². The third-order valence-corrected chi connectivity index (χ3v) is 5.96. The van der Waals surface area contributed by atoms with E-state index in [9.17, 15) is 18.0 Å². The fourth-order valence-corrected chi connectivity index (χ4v) is 3.81. The van der Waals surface area contributed by atoms with Crippen LogP contribution in [0.3, 0.4) is 0 Å². The molecule has 1 aliphatic heterocycles. The number of benzene rings is 1. The first-order valence-electron chi connectivity index (χ1n) is 9.93. The number of nitrogens with one attached hydrogen (secondary N) is 1. The second-order valence-electron chi connectivity index (χ2n) is 7.44. The predicted molar refractivity (Wildman–Crippen MR) is 113 cm³/mol. The lowest BCUT2D eigenvalue weighted by molar-refractivity contribution is -0.135. The molecule has 1 aromatic carbocycles. The Morgan fingerprint density at radius 3 is 2.37 bits per heavy atom. The summed E-state index contributed by atoms with van der Waals surface area (Å²) >= 11 is 0. The second kappa shape index (κ2) is 11.1. The van der Waals surface area contributed by atoms with Crippen LogP contribution in [-0.2, 0) is 14.6 Å². The Labute approximate surface area is 177 Å². The van der Waals surface area contributed by atoms with Gasteiger partial charge in [0.2, 0.25) is 5.91 Å². The highest BCUT2D eigenvalue weighted by molar-refractivity contribution is 7.90. The van der Waals surface area contributed by atoms with Crippen molar-refractivity contribution < 1.29 is 18.0 Å². The van der Waals surface area contributed by atoms with Gasteiger partial charge in [-0.1, -0.05) is 0 Å². The molecular formula is C20H29N5O4S. The maximum atomic E-state index is 13.0. The normalized spacial score (nSPS) is 16.0. The van der Waals surface area contributed by atoms with E-state index in [4.69, 9.17) is 11.0 Å². The van der Waals surface area contributed by atoms with Crippen LogP contribution >= 0.6 is 0 Å². The second-order valence-corrected chi connectivity index (χ2v) is 9.70. The number of carbonyl (C=O) groups is 2. The van der Waals surface area contributed by atoms with Crippen LogP contribution in [0.15, 0.2) is 24.3 Å². The SMILES string of the molecule is CS(=O)(=O)CCN1CCN(C(=O)[C@H](CCCN)NC(=O)c2ccc(C#N)cc2)CC1. The van der Waals surface area contributed by atoms with E-state index in [1.165, 1.54) is 6.26 Å². The lowest BCUT2D eigenvalue weighted by Crippen LogP contribution is -2.55. The standard InChI is InChI=1S/C20H29N5O4S/c1-30(28,29)14-13-24-9-11-25(12-10-24)20(27)18(3-2-8-21)23-19(26)17-6-4-16(15-22)5-7-17/h4-7,18H,2-3,8-14,21H2,1H3,(H,23,26)/t18-/m0/s1. The Morgan fingerprint density at radius 2 is 1.83 bits per heavy atom. The highest BCUT2D eigenvalue weighted by Crippen LogP contribution is 2.10. The molecule has 0 saturated carbocycles. The fraction of sp³-hybridized carbons (Fsp3) is 0.550. The van der Waals surface area contributed by atoms with Crippen molar-refractivity contribution in [3.05, 3.63) is 35.4 Å². The van der Waals surface area contributed by atoms with Crippen LogP contribution in [-0.4, -0.2) is 87.4 Å². The van der Waals surface area contributed by atoms with E-state index in [1.807, 2.05) is 11.0 Å². The summed E-state index contributed by atoms with van der Waals surface area (Å²) in [6.45, 7) is 3.01. The van der Waals surface area contributed by atoms with Crippen molar-refractivity contribution in [3.8, 4) is 6.07 Å². The van der Waals surface area contributed by atoms with E-state index in [2.05, 4.69) is 5.32 Å². The molecule has 0 radical (unpaired) electrons. The molecule has 1 aliphatic rings. The van der Waals surface area contributed by atoms with Gasteiger partial charge in [0, 0.05) is 44.5 Å². The van der Waals surface area contributed by atoms with Gasteiger partial charge in [-0.2, -0.15) is 5.26 Å². The van der Waals surface area contributed by atoms with E-state index < -0.39 is 15.9 Å². The molecule has 1 saturated heterocycles. The minimum Gasteiger partial charge on any atom is -0.340 e. The van der Waals surface area contributed by atoms with Crippen LogP contribution in [0.25, 0.3) is 0 Å². The van der Waals surface area contributed by atoms with Crippen molar-refractivity contribution >= 4 is 21.7 Å². The summed E-state index contributed by atoms with van der Waals surface area (Å²) in [6.07, 6.45) is 2.25. The predicted octanol–water partition coefficient (Wildman–Crippen LogP) is -0.416.